The lowest BCUT2D eigenvalue weighted by Crippen LogP contribution is -2.21. The van der Waals surface area contributed by atoms with Crippen LogP contribution in [0.15, 0.2) is 103 Å². The third kappa shape index (κ3) is 16.0. The van der Waals surface area contributed by atoms with E-state index in [1.54, 1.807) is 0 Å². The molecule has 0 unspecified atom stereocenters. The second kappa shape index (κ2) is 31.2. The minimum absolute atomic E-state index is 0.277. The van der Waals surface area contributed by atoms with Gasteiger partial charge in [-0.15, -0.1) is 0 Å². The Kier molecular flexibility index (Phi) is 23.1. The number of fused-ring (bicyclic) bond motifs is 8. The summed E-state index contributed by atoms with van der Waals surface area (Å²) in [6, 6.07) is 38.2. The van der Waals surface area contributed by atoms with Gasteiger partial charge in [0.2, 0.25) is 0 Å². The van der Waals surface area contributed by atoms with Crippen LogP contribution in [-0.4, -0.2) is 39.1 Å². The van der Waals surface area contributed by atoms with Gasteiger partial charge in [-0.25, -0.2) is 14.8 Å². The summed E-state index contributed by atoms with van der Waals surface area (Å²) in [6.07, 6.45) is 24.0. The van der Waals surface area contributed by atoms with Gasteiger partial charge in [0.25, 0.3) is 0 Å². The molecule has 0 spiro atoms. The van der Waals surface area contributed by atoms with Crippen LogP contribution in [0, 0.1) is 34.6 Å². The van der Waals surface area contributed by atoms with Gasteiger partial charge in [-0.1, -0.05) is 200 Å². The fourth-order valence-corrected chi connectivity index (χ4v) is 13.4. The molecular weight excluding hydrogens is 1060 g/mol. The second-order valence-electron chi connectivity index (χ2n) is 25.5. The second-order valence-corrected chi connectivity index (χ2v) is 25.5. The van der Waals surface area contributed by atoms with Crippen LogP contribution in [0.1, 0.15) is 246 Å². The summed E-state index contributed by atoms with van der Waals surface area (Å²) < 4.78 is 5.60. The first-order valence-corrected chi connectivity index (χ1v) is 33.7. The highest BCUT2D eigenvalue weighted by molar-refractivity contribution is 6.03. The van der Waals surface area contributed by atoms with Crippen LogP contribution < -0.4 is 5.32 Å². The summed E-state index contributed by atoms with van der Waals surface area (Å²) in [6.45, 7) is 26.5. The van der Waals surface area contributed by atoms with E-state index in [0.717, 1.165) is 97.3 Å². The minimum atomic E-state index is -0.277. The molecule has 0 fully saturated rings. The number of aromatic amines is 2. The van der Waals surface area contributed by atoms with Crippen LogP contribution in [-0.2, 0) is 30.5 Å². The van der Waals surface area contributed by atoms with E-state index in [-0.39, 0.29) is 5.97 Å². The average molecular weight is 1160 g/mol. The zero-order valence-electron chi connectivity index (χ0n) is 55.0. The number of carbonyl (C=O) groups excluding carboxylic acids is 1. The normalized spacial score (nSPS) is 12.5. The first-order valence-electron chi connectivity index (χ1n) is 33.7. The molecule has 0 saturated heterocycles. The third-order valence-corrected chi connectivity index (χ3v) is 18.5. The number of allylic oxidation sites excluding steroid dienone is 4. The molecule has 458 valence electrons. The number of esters is 1. The number of nitrogens with one attached hydrogen (secondary N) is 3. The van der Waals surface area contributed by atoms with Crippen LogP contribution in [0.2, 0.25) is 0 Å². The molecule has 0 atom stereocenters. The molecule has 7 nitrogen and oxygen atoms in total. The lowest BCUT2D eigenvalue weighted by molar-refractivity contribution is 0.0508. The first-order chi connectivity index (χ1) is 42.3. The summed E-state index contributed by atoms with van der Waals surface area (Å²) >= 11 is 0. The van der Waals surface area contributed by atoms with Gasteiger partial charge in [0.1, 0.15) is 6.61 Å². The molecule has 4 aromatic carbocycles. The monoisotopic (exact) mass is 1160 g/mol. The van der Waals surface area contributed by atoms with Crippen LogP contribution in [0.3, 0.4) is 0 Å². The van der Waals surface area contributed by atoms with E-state index in [4.69, 9.17) is 14.7 Å². The maximum Gasteiger partial charge on any atom is 0.338 e. The van der Waals surface area contributed by atoms with Crippen molar-refractivity contribution in [3.8, 4) is 22.3 Å². The van der Waals surface area contributed by atoms with Gasteiger partial charge in [-0.05, 0) is 203 Å². The molecule has 8 bridgehead atoms. The Morgan fingerprint density at radius 1 is 0.460 bits per heavy atom. The molecule has 0 amide bonds. The van der Waals surface area contributed by atoms with Crippen LogP contribution >= 0.6 is 0 Å². The molecule has 0 saturated carbocycles. The van der Waals surface area contributed by atoms with Crippen molar-refractivity contribution in [3.05, 3.63) is 187 Å². The third-order valence-electron chi connectivity index (χ3n) is 18.5. The fourth-order valence-electron chi connectivity index (χ4n) is 13.4. The van der Waals surface area contributed by atoms with Crippen molar-refractivity contribution >= 4 is 50.3 Å². The Morgan fingerprint density at radius 2 is 0.885 bits per heavy atom. The van der Waals surface area contributed by atoms with Gasteiger partial charge in [0.05, 0.1) is 39.4 Å². The number of aryl methyl sites for hydroxylation is 7. The summed E-state index contributed by atoms with van der Waals surface area (Å²) in [7, 11) is 0. The van der Waals surface area contributed by atoms with Crippen molar-refractivity contribution in [2.75, 3.05) is 13.2 Å². The number of aromatic nitrogens is 4. The standard InChI is InChI=1S/C80H101N5O2/c1-12-16-20-24-28-66-56(8)76-74(63-40-32-53(5)33-41-63)77-57(9)67(29-25-21-17-13-2)71(83-77)51-73-69(31-27-23-19-15-4)59(11)79(85-73)75(78-58(10)68(30-26-22-18-14-3)72(84-78)50-70(66)82-76)64-42-38-61(39-43-64)49-60-34-36-62(37-35-60)52-81-44-45-87-80(86)65-47-54(6)46-55(7)48-65/h32-43,46-48,50-51,81,84-85H,12-31,44-45,49,52H2,1-11H3. The van der Waals surface area contributed by atoms with Gasteiger partial charge in [-0.2, -0.15) is 0 Å². The van der Waals surface area contributed by atoms with E-state index >= 15 is 0 Å². The van der Waals surface area contributed by atoms with Gasteiger partial charge in [0, 0.05) is 35.2 Å². The lowest BCUT2D eigenvalue weighted by Gasteiger charge is -2.11. The highest BCUT2D eigenvalue weighted by Gasteiger charge is 2.28. The molecule has 3 N–H and O–H groups in total. The zero-order valence-corrected chi connectivity index (χ0v) is 55.0. The predicted molar refractivity (Wildman–Crippen MR) is 371 cm³/mol. The number of hydrogen-bond donors (Lipinski definition) is 3. The number of carbonyl (C=O) groups is 1. The number of hydrogen-bond acceptors (Lipinski definition) is 5. The molecular formula is C80H101N5O2. The van der Waals surface area contributed by atoms with Crippen molar-refractivity contribution in [1.29, 1.82) is 0 Å². The first kappa shape index (κ1) is 64.4. The number of nitrogens with zero attached hydrogens (tertiary/aromatic N) is 2. The van der Waals surface area contributed by atoms with Gasteiger partial charge < -0.3 is 20.0 Å². The SMILES string of the molecule is CCCCCCC1=C(C)c2nc1cc1[nH]c(c(C)c1CCCCCC)c(-c1ccc(Cc3ccc(CNCCOC(=O)c4cc(C)cc(C)c4)cc3)cc1)c1[nH]c(cc3nc(c2-c2ccc(C)cc2)C(C)=C3CCCCCC)c(CCCCCC)c1C. The summed E-state index contributed by atoms with van der Waals surface area (Å²) in [5.41, 5.74) is 32.2. The smallest absolute Gasteiger partial charge is 0.338 e. The molecule has 0 radical (unpaired) electrons. The van der Waals surface area contributed by atoms with Crippen molar-refractivity contribution in [1.82, 2.24) is 25.3 Å². The maximum atomic E-state index is 12.7. The quantitative estimate of drug-likeness (QED) is 0.0308. The predicted octanol–water partition coefficient (Wildman–Crippen LogP) is 21.8. The van der Waals surface area contributed by atoms with Gasteiger partial charge >= 0.3 is 5.97 Å². The summed E-state index contributed by atoms with van der Waals surface area (Å²) in [4.78, 5) is 32.9. The van der Waals surface area contributed by atoms with Gasteiger partial charge in [0.15, 0.2) is 0 Å². The van der Waals surface area contributed by atoms with Crippen LogP contribution in [0.25, 0.3) is 66.6 Å². The topological polar surface area (TPSA) is 95.7 Å². The van der Waals surface area contributed by atoms with E-state index in [9.17, 15) is 4.79 Å². The van der Waals surface area contributed by atoms with Crippen molar-refractivity contribution in [3.63, 3.8) is 0 Å². The van der Waals surface area contributed by atoms with Crippen molar-refractivity contribution in [2.24, 2.45) is 0 Å². The van der Waals surface area contributed by atoms with Crippen LogP contribution in [0.4, 0.5) is 0 Å². The number of H-pyrrole nitrogens is 2. The molecule has 7 heteroatoms. The minimum Gasteiger partial charge on any atom is -0.461 e. The zero-order chi connectivity index (χ0) is 61.4. The number of ether oxygens (including phenoxy) is 1. The number of rotatable bonds is 30. The van der Waals surface area contributed by atoms with E-state index in [1.165, 1.54) is 183 Å². The Hall–Kier alpha value is -7.09. The number of unbranched alkanes of at least 4 members (excludes halogenated alkanes) is 12. The Labute approximate surface area is 522 Å². The van der Waals surface area contributed by atoms with Crippen LogP contribution in [0.5, 0.6) is 0 Å². The summed E-state index contributed by atoms with van der Waals surface area (Å²) in [5.74, 6) is -0.277. The largest absolute Gasteiger partial charge is 0.461 e. The number of benzene rings is 4. The highest BCUT2D eigenvalue weighted by atomic mass is 16.5. The maximum absolute atomic E-state index is 12.7. The Morgan fingerprint density at radius 3 is 1.36 bits per heavy atom. The highest BCUT2D eigenvalue weighted by Crippen LogP contribution is 2.45. The van der Waals surface area contributed by atoms with E-state index in [0.29, 0.717) is 25.3 Å². The molecule has 2 aliphatic rings. The van der Waals surface area contributed by atoms with E-state index in [2.05, 4.69) is 169 Å². The van der Waals surface area contributed by atoms with E-state index in [1.807, 2.05) is 26.0 Å². The van der Waals surface area contributed by atoms with Gasteiger partial charge in [-0.3, -0.25) is 0 Å². The molecule has 87 heavy (non-hydrogen) atoms. The molecule has 7 aromatic rings. The Bertz CT molecular complexity index is 3560. The average Bonchev–Trinajstić information content (AvgIpc) is 1.69. The lowest BCUT2D eigenvalue weighted by atomic mass is 9.92. The fraction of sp³-hybridized carbons (Fsp3) is 0.438. The Balaban J connectivity index is 1.19. The molecule has 2 aliphatic heterocycles. The van der Waals surface area contributed by atoms with Crippen molar-refractivity contribution < 1.29 is 9.53 Å². The molecule has 9 rings (SSSR count). The van der Waals surface area contributed by atoms with Crippen molar-refractivity contribution in [2.45, 2.75) is 218 Å². The molecule has 3 aromatic heterocycles. The molecule has 0 aliphatic carbocycles. The van der Waals surface area contributed by atoms with E-state index < -0.39 is 0 Å². The summed E-state index contributed by atoms with van der Waals surface area (Å²) in [5, 5.41) is 3.46. The molecule has 5 heterocycles.